The number of nitrogen functional groups attached to an aromatic ring is 1. The van der Waals surface area contributed by atoms with E-state index >= 15 is 0 Å². The fourth-order valence-corrected chi connectivity index (χ4v) is 4.05. The SMILES string of the molecule is Cc1c(N)cc(S(=O)(=O)N2CCNC(=O)C2(C)C)cc1F. The third-order valence-corrected chi connectivity index (χ3v) is 5.78. The maximum Gasteiger partial charge on any atom is 0.244 e. The van der Waals surface area contributed by atoms with E-state index in [2.05, 4.69) is 5.32 Å². The summed E-state index contributed by atoms with van der Waals surface area (Å²) in [5, 5.41) is 2.61. The first kappa shape index (κ1) is 15.7. The van der Waals surface area contributed by atoms with E-state index in [0.717, 1.165) is 10.4 Å². The van der Waals surface area contributed by atoms with Crippen LogP contribution in [0.2, 0.25) is 0 Å². The minimum Gasteiger partial charge on any atom is -0.398 e. The summed E-state index contributed by atoms with van der Waals surface area (Å²) in [6, 6.07) is 2.15. The van der Waals surface area contributed by atoms with Crippen molar-refractivity contribution in [3.05, 3.63) is 23.5 Å². The van der Waals surface area contributed by atoms with E-state index in [1.54, 1.807) is 0 Å². The molecule has 0 bridgehead atoms. The van der Waals surface area contributed by atoms with Crippen molar-refractivity contribution in [3.63, 3.8) is 0 Å². The average Bonchev–Trinajstić information content (AvgIpc) is 2.38. The molecule has 6 nitrogen and oxygen atoms in total. The van der Waals surface area contributed by atoms with Crippen LogP contribution in [0.3, 0.4) is 0 Å². The fraction of sp³-hybridized carbons (Fsp3) is 0.462. The van der Waals surface area contributed by atoms with Gasteiger partial charge in [-0.05, 0) is 32.9 Å². The van der Waals surface area contributed by atoms with E-state index in [-0.39, 0.29) is 29.2 Å². The number of benzene rings is 1. The molecule has 2 rings (SSSR count). The van der Waals surface area contributed by atoms with Gasteiger partial charge in [-0.25, -0.2) is 12.8 Å². The molecule has 1 aromatic rings. The lowest BCUT2D eigenvalue weighted by atomic mass is 10.0. The fourth-order valence-electron chi connectivity index (χ4n) is 2.25. The first-order chi connectivity index (χ1) is 9.58. The van der Waals surface area contributed by atoms with Crippen LogP contribution in [-0.4, -0.2) is 37.3 Å². The molecular weight excluding hydrogens is 297 g/mol. The first-order valence-electron chi connectivity index (χ1n) is 6.45. The van der Waals surface area contributed by atoms with Gasteiger partial charge in [-0.2, -0.15) is 4.31 Å². The molecule has 0 aromatic heterocycles. The van der Waals surface area contributed by atoms with Gasteiger partial charge in [0.15, 0.2) is 0 Å². The van der Waals surface area contributed by atoms with Gasteiger partial charge in [0.2, 0.25) is 15.9 Å². The van der Waals surface area contributed by atoms with Gasteiger partial charge in [-0.1, -0.05) is 0 Å². The Morgan fingerprint density at radius 2 is 2.00 bits per heavy atom. The number of nitrogens with zero attached hydrogens (tertiary/aromatic N) is 1. The zero-order valence-electron chi connectivity index (χ0n) is 12.1. The van der Waals surface area contributed by atoms with Gasteiger partial charge < -0.3 is 11.1 Å². The summed E-state index contributed by atoms with van der Waals surface area (Å²) >= 11 is 0. The van der Waals surface area contributed by atoms with Crippen molar-refractivity contribution >= 4 is 21.6 Å². The first-order valence-corrected chi connectivity index (χ1v) is 7.89. The standard InChI is InChI=1S/C13H18FN3O3S/c1-8-10(14)6-9(7-11(8)15)21(19,20)17-5-4-16-12(18)13(17,2)3/h6-7H,4-5,15H2,1-3H3,(H,16,18). The topological polar surface area (TPSA) is 92.5 Å². The van der Waals surface area contributed by atoms with E-state index in [9.17, 15) is 17.6 Å². The molecule has 1 aliphatic heterocycles. The molecular formula is C13H18FN3O3S. The summed E-state index contributed by atoms with van der Waals surface area (Å²) in [7, 11) is -4.01. The average molecular weight is 315 g/mol. The minimum atomic E-state index is -4.01. The highest BCUT2D eigenvalue weighted by Gasteiger charge is 2.45. The van der Waals surface area contributed by atoms with Crippen LogP contribution in [-0.2, 0) is 14.8 Å². The van der Waals surface area contributed by atoms with Gasteiger partial charge in [0.05, 0.1) is 4.90 Å². The number of carbonyl (C=O) groups is 1. The van der Waals surface area contributed by atoms with E-state index in [4.69, 9.17) is 5.73 Å². The molecule has 0 unspecified atom stereocenters. The van der Waals surface area contributed by atoms with Crippen LogP contribution < -0.4 is 11.1 Å². The third kappa shape index (κ3) is 2.49. The summed E-state index contributed by atoms with van der Waals surface area (Å²) in [6.07, 6.45) is 0. The van der Waals surface area contributed by atoms with E-state index < -0.39 is 27.3 Å². The van der Waals surface area contributed by atoms with Crippen molar-refractivity contribution in [2.45, 2.75) is 31.2 Å². The second kappa shape index (κ2) is 4.96. The van der Waals surface area contributed by atoms with Crippen LogP contribution in [0, 0.1) is 12.7 Å². The molecule has 0 saturated carbocycles. The Morgan fingerprint density at radius 1 is 1.38 bits per heavy atom. The van der Waals surface area contributed by atoms with Crippen LogP contribution >= 0.6 is 0 Å². The van der Waals surface area contributed by atoms with E-state index in [1.165, 1.54) is 26.8 Å². The molecule has 1 aliphatic rings. The summed E-state index contributed by atoms with van der Waals surface area (Å²) in [4.78, 5) is 11.6. The molecule has 21 heavy (non-hydrogen) atoms. The van der Waals surface area contributed by atoms with Crippen LogP contribution in [0.25, 0.3) is 0 Å². The Hall–Kier alpha value is -1.67. The van der Waals surface area contributed by atoms with Crippen LogP contribution in [0.15, 0.2) is 17.0 Å². The van der Waals surface area contributed by atoms with Crippen molar-refractivity contribution in [2.75, 3.05) is 18.8 Å². The maximum absolute atomic E-state index is 13.8. The number of amides is 1. The smallest absolute Gasteiger partial charge is 0.244 e. The molecule has 1 fully saturated rings. The van der Waals surface area contributed by atoms with Crippen molar-refractivity contribution in [3.8, 4) is 0 Å². The Labute approximate surface area is 123 Å². The quantitative estimate of drug-likeness (QED) is 0.782. The number of nitrogens with one attached hydrogen (secondary N) is 1. The molecule has 0 radical (unpaired) electrons. The van der Waals surface area contributed by atoms with Crippen molar-refractivity contribution in [1.82, 2.24) is 9.62 Å². The molecule has 0 spiro atoms. The normalized spacial score (nSPS) is 19.3. The second-order valence-electron chi connectivity index (χ2n) is 5.51. The van der Waals surface area contributed by atoms with Gasteiger partial charge in [-0.15, -0.1) is 0 Å². The third-order valence-electron chi connectivity index (χ3n) is 3.73. The summed E-state index contributed by atoms with van der Waals surface area (Å²) < 4.78 is 40.2. The second-order valence-corrected chi connectivity index (χ2v) is 7.37. The number of sulfonamides is 1. The molecule has 1 heterocycles. The Kier molecular flexibility index (Phi) is 3.71. The molecule has 1 aromatic carbocycles. The largest absolute Gasteiger partial charge is 0.398 e. The Bertz CT molecular complexity index is 678. The number of rotatable bonds is 2. The van der Waals surface area contributed by atoms with Gasteiger partial charge >= 0.3 is 0 Å². The van der Waals surface area contributed by atoms with Crippen LogP contribution in [0.5, 0.6) is 0 Å². The number of hydrogen-bond donors (Lipinski definition) is 2. The van der Waals surface area contributed by atoms with Crippen molar-refractivity contribution in [1.29, 1.82) is 0 Å². The highest BCUT2D eigenvalue weighted by atomic mass is 32.2. The van der Waals surface area contributed by atoms with Crippen molar-refractivity contribution < 1.29 is 17.6 Å². The molecule has 116 valence electrons. The molecule has 8 heteroatoms. The van der Waals surface area contributed by atoms with E-state index in [1.807, 2.05) is 0 Å². The predicted molar refractivity (Wildman–Crippen MR) is 76.5 cm³/mol. The molecule has 3 N–H and O–H groups in total. The molecule has 0 aliphatic carbocycles. The number of hydrogen-bond acceptors (Lipinski definition) is 4. The Balaban J connectivity index is 2.54. The number of halogens is 1. The lowest BCUT2D eigenvalue weighted by molar-refractivity contribution is -0.131. The van der Waals surface area contributed by atoms with Crippen molar-refractivity contribution in [2.24, 2.45) is 0 Å². The highest BCUT2D eigenvalue weighted by molar-refractivity contribution is 7.89. The molecule has 0 atom stereocenters. The lowest BCUT2D eigenvalue weighted by Gasteiger charge is -2.39. The van der Waals surface area contributed by atoms with Gasteiger partial charge in [0, 0.05) is 24.3 Å². The lowest BCUT2D eigenvalue weighted by Crippen LogP contribution is -2.63. The summed E-state index contributed by atoms with van der Waals surface area (Å²) in [5.41, 5.74) is 4.66. The monoisotopic (exact) mass is 315 g/mol. The molecule has 1 amide bonds. The summed E-state index contributed by atoms with van der Waals surface area (Å²) in [6.45, 7) is 4.82. The van der Waals surface area contributed by atoms with Gasteiger partial charge in [0.25, 0.3) is 0 Å². The Morgan fingerprint density at radius 3 is 2.57 bits per heavy atom. The zero-order chi connectivity index (χ0) is 16.0. The van der Waals surface area contributed by atoms with Gasteiger partial charge in [0.1, 0.15) is 11.4 Å². The van der Waals surface area contributed by atoms with Gasteiger partial charge in [-0.3, -0.25) is 4.79 Å². The highest BCUT2D eigenvalue weighted by Crippen LogP contribution is 2.29. The predicted octanol–water partition coefficient (Wildman–Crippen LogP) is 0.615. The maximum atomic E-state index is 13.8. The number of nitrogens with two attached hydrogens (primary N) is 1. The zero-order valence-corrected chi connectivity index (χ0v) is 12.9. The number of anilines is 1. The minimum absolute atomic E-state index is 0.0628. The van der Waals surface area contributed by atoms with E-state index in [0.29, 0.717) is 0 Å². The van der Waals surface area contributed by atoms with Crippen LogP contribution in [0.4, 0.5) is 10.1 Å². The number of carbonyl (C=O) groups excluding carboxylic acids is 1. The summed E-state index contributed by atoms with van der Waals surface area (Å²) in [5.74, 6) is -1.08. The number of piperazine rings is 1. The van der Waals surface area contributed by atoms with Crippen LogP contribution in [0.1, 0.15) is 19.4 Å². The molecule has 1 saturated heterocycles.